The van der Waals surface area contributed by atoms with Crippen LogP contribution in [0.4, 0.5) is 32.3 Å². The normalized spacial score (nSPS) is 10.3. The van der Waals surface area contributed by atoms with Crippen molar-refractivity contribution in [1.29, 1.82) is 0 Å². The average Bonchev–Trinajstić information content (AvgIpc) is 2.65. The van der Waals surface area contributed by atoms with Crippen LogP contribution in [0, 0.1) is 19.7 Å². The summed E-state index contributed by atoms with van der Waals surface area (Å²) in [5, 5.41) is 11.6. The van der Waals surface area contributed by atoms with Gasteiger partial charge in [-0.05, 0) is 49.7 Å². The number of anilines is 4. The van der Waals surface area contributed by atoms with Gasteiger partial charge < -0.3 is 21.3 Å². The summed E-state index contributed by atoms with van der Waals surface area (Å²) >= 11 is 0. The second-order valence-corrected chi connectivity index (χ2v) is 6.35. The van der Waals surface area contributed by atoms with Gasteiger partial charge in [-0.1, -0.05) is 6.07 Å². The van der Waals surface area contributed by atoms with E-state index in [1.54, 1.807) is 25.3 Å². The number of hydrogen-bond donors (Lipinski definition) is 4. The quantitative estimate of drug-likeness (QED) is 0.456. The monoisotopic (exact) mass is 395 g/mol. The Morgan fingerprint density at radius 1 is 1.00 bits per heavy atom. The zero-order valence-corrected chi connectivity index (χ0v) is 16.2. The van der Waals surface area contributed by atoms with E-state index in [4.69, 9.17) is 0 Å². The van der Waals surface area contributed by atoms with Crippen molar-refractivity contribution in [3.63, 3.8) is 0 Å². The van der Waals surface area contributed by atoms with Crippen LogP contribution in [0.1, 0.15) is 11.4 Å². The molecule has 2 amide bonds. The lowest BCUT2D eigenvalue weighted by atomic mass is 10.3. The van der Waals surface area contributed by atoms with Gasteiger partial charge in [0.1, 0.15) is 29.1 Å². The van der Waals surface area contributed by atoms with E-state index < -0.39 is 11.8 Å². The van der Waals surface area contributed by atoms with Crippen LogP contribution in [0.25, 0.3) is 0 Å². The lowest BCUT2D eigenvalue weighted by Crippen LogP contribution is -2.32. The number of amides is 2. The van der Waals surface area contributed by atoms with E-state index in [-0.39, 0.29) is 0 Å². The number of aromatic nitrogens is 3. The highest BCUT2D eigenvalue weighted by molar-refractivity contribution is 5.89. The molecule has 0 atom stereocenters. The van der Waals surface area contributed by atoms with E-state index in [0.717, 1.165) is 5.56 Å². The molecule has 150 valence electrons. The molecule has 0 fully saturated rings. The molecule has 0 saturated heterocycles. The maximum Gasteiger partial charge on any atom is 0.319 e. The molecule has 4 N–H and O–H groups in total. The van der Waals surface area contributed by atoms with Crippen molar-refractivity contribution in [3.8, 4) is 0 Å². The SMILES string of the molecule is Cc1ccnc(Nc2cc(NCCNC(=O)Nc3cccc(F)c3)nc(C)n2)c1. The summed E-state index contributed by atoms with van der Waals surface area (Å²) in [5.74, 6) is 2.13. The van der Waals surface area contributed by atoms with Crippen molar-refractivity contribution >= 4 is 29.2 Å². The molecule has 0 bridgehead atoms. The number of nitrogens with zero attached hydrogens (tertiary/aromatic N) is 3. The van der Waals surface area contributed by atoms with Crippen molar-refractivity contribution in [1.82, 2.24) is 20.3 Å². The Kier molecular flexibility index (Phi) is 6.51. The van der Waals surface area contributed by atoms with E-state index in [9.17, 15) is 9.18 Å². The summed E-state index contributed by atoms with van der Waals surface area (Å²) in [5.41, 5.74) is 1.48. The number of hydrogen-bond acceptors (Lipinski definition) is 6. The van der Waals surface area contributed by atoms with Gasteiger partial charge in [-0.3, -0.25) is 0 Å². The number of halogens is 1. The molecule has 1 aromatic carbocycles. The van der Waals surface area contributed by atoms with Gasteiger partial charge in [0.05, 0.1) is 0 Å². The molecule has 0 spiro atoms. The minimum Gasteiger partial charge on any atom is -0.368 e. The van der Waals surface area contributed by atoms with Crippen LogP contribution < -0.4 is 21.3 Å². The van der Waals surface area contributed by atoms with Gasteiger partial charge in [0.2, 0.25) is 0 Å². The molecule has 0 unspecified atom stereocenters. The van der Waals surface area contributed by atoms with Crippen molar-refractivity contribution in [2.75, 3.05) is 29.0 Å². The lowest BCUT2D eigenvalue weighted by Gasteiger charge is -2.11. The highest BCUT2D eigenvalue weighted by atomic mass is 19.1. The highest BCUT2D eigenvalue weighted by Gasteiger charge is 2.05. The molecule has 0 radical (unpaired) electrons. The lowest BCUT2D eigenvalue weighted by molar-refractivity contribution is 0.252. The minimum absolute atomic E-state index is 0.354. The number of nitrogens with one attached hydrogen (secondary N) is 4. The van der Waals surface area contributed by atoms with Crippen LogP contribution in [0.3, 0.4) is 0 Å². The molecule has 0 aliphatic heterocycles. The van der Waals surface area contributed by atoms with Gasteiger partial charge in [-0.15, -0.1) is 0 Å². The van der Waals surface area contributed by atoms with E-state index in [1.165, 1.54) is 18.2 Å². The molecule has 0 saturated carbocycles. The third-order valence-electron chi connectivity index (χ3n) is 3.81. The number of benzene rings is 1. The summed E-state index contributed by atoms with van der Waals surface area (Å²) in [6, 6.07) is 10.9. The molecule has 9 heteroatoms. The first kappa shape index (κ1) is 20.0. The van der Waals surface area contributed by atoms with Crippen LogP contribution in [-0.2, 0) is 0 Å². The Morgan fingerprint density at radius 3 is 2.62 bits per heavy atom. The number of urea groups is 1. The number of aryl methyl sites for hydroxylation is 2. The molecule has 2 heterocycles. The topological polar surface area (TPSA) is 104 Å². The third kappa shape index (κ3) is 6.42. The Morgan fingerprint density at radius 2 is 1.83 bits per heavy atom. The van der Waals surface area contributed by atoms with Crippen LogP contribution in [0.15, 0.2) is 48.7 Å². The van der Waals surface area contributed by atoms with E-state index >= 15 is 0 Å². The summed E-state index contributed by atoms with van der Waals surface area (Å²) in [7, 11) is 0. The zero-order chi connectivity index (χ0) is 20.6. The maximum atomic E-state index is 13.1. The van der Waals surface area contributed by atoms with Gasteiger partial charge in [0, 0.05) is 31.0 Å². The van der Waals surface area contributed by atoms with Crippen molar-refractivity contribution < 1.29 is 9.18 Å². The van der Waals surface area contributed by atoms with Crippen LogP contribution >= 0.6 is 0 Å². The largest absolute Gasteiger partial charge is 0.368 e. The second-order valence-electron chi connectivity index (χ2n) is 6.35. The van der Waals surface area contributed by atoms with Crippen molar-refractivity contribution in [3.05, 3.63) is 65.9 Å². The number of carbonyl (C=O) groups excluding carboxylic acids is 1. The standard InChI is InChI=1S/C20H22FN7O/c1-13-6-7-22-17(10-13)28-19-12-18(25-14(2)26-19)23-8-9-24-20(29)27-16-5-3-4-15(21)11-16/h3-7,10-12H,8-9H2,1-2H3,(H2,24,27,29)(H2,22,23,25,26,28). The fourth-order valence-electron chi connectivity index (χ4n) is 2.57. The third-order valence-corrected chi connectivity index (χ3v) is 3.81. The van der Waals surface area contributed by atoms with Crippen LogP contribution in [-0.4, -0.2) is 34.1 Å². The highest BCUT2D eigenvalue weighted by Crippen LogP contribution is 2.16. The van der Waals surface area contributed by atoms with Gasteiger partial charge in [-0.25, -0.2) is 24.1 Å². The molecule has 3 aromatic rings. The molecule has 0 aliphatic carbocycles. The summed E-state index contributed by atoms with van der Waals surface area (Å²) < 4.78 is 13.1. The molecule has 3 rings (SSSR count). The summed E-state index contributed by atoms with van der Waals surface area (Å²) in [6.07, 6.45) is 1.73. The van der Waals surface area contributed by atoms with Gasteiger partial charge in [0.25, 0.3) is 0 Å². The molecular weight excluding hydrogens is 373 g/mol. The summed E-state index contributed by atoms with van der Waals surface area (Å²) in [6.45, 7) is 4.59. The van der Waals surface area contributed by atoms with Crippen LogP contribution in [0.2, 0.25) is 0 Å². The van der Waals surface area contributed by atoms with Crippen molar-refractivity contribution in [2.24, 2.45) is 0 Å². The van der Waals surface area contributed by atoms with E-state index in [0.29, 0.717) is 42.1 Å². The van der Waals surface area contributed by atoms with Crippen LogP contribution in [0.5, 0.6) is 0 Å². The first-order valence-electron chi connectivity index (χ1n) is 9.07. The minimum atomic E-state index is -0.413. The predicted octanol–water partition coefficient (Wildman–Crippen LogP) is 3.60. The second kappa shape index (κ2) is 9.45. The van der Waals surface area contributed by atoms with Crippen molar-refractivity contribution in [2.45, 2.75) is 13.8 Å². The smallest absolute Gasteiger partial charge is 0.319 e. The average molecular weight is 395 g/mol. The summed E-state index contributed by atoms with van der Waals surface area (Å²) in [4.78, 5) is 24.8. The molecule has 29 heavy (non-hydrogen) atoms. The van der Waals surface area contributed by atoms with E-state index in [2.05, 4.69) is 36.2 Å². The van der Waals surface area contributed by atoms with E-state index in [1.807, 2.05) is 19.1 Å². The zero-order valence-electron chi connectivity index (χ0n) is 16.2. The van der Waals surface area contributed by atoms with Gasteiger partial charge in [0.15, 0.2) is 0 Å². The fraction of sp³-hybridized carbons (Fsp3) is 0.200. The maximum absolute atomic E-state index is 13.1. The predicted molar refractivity (Wildman–Crippen MR) is 111 cm³/mol. The molecular formula is C20H22FN7O. The molecule has 2 aromatic heterocycles. The molecule has 8 nitrogen and oxygen atoms in total. The first-order valence-corrected chi connectivity index (χ1v) is 9.07. The number of carbonyl (C=O) groups is 1. The Bertz CT molecular complexity index is 996. The van der Waals surface area contributed by atoms with Gasteiger partial charge in [-0.2, -0.15) is 0 Å². The van der Waals surface area contributed by atoms with Gasteiger partial charge >= 0.3 is 6.03 Å². The fourth-order valence-corrected chi connectivity index (χ4v) is 2.57. The first-order chi connectivity index (χ1) is 14.0. The number of pyridine rings is 1. The Hall–Kier alpha value is -3.75. The molecule has 0 aliphatic rings. The Balaban J connectivity index is 1.49. The number of rotatable bonds is 7. The Labute approximate surface area is 168 Å².